The quantitative estimate of drug-likeness (QED) is 0.316. The van der Waals surface area contributed by atoms with Crippen LogP contribution < -0.4 is 0 Å². The molecule has 0 aliphatic heterocycles. The molecule has 5 nitrogen and oxygen atoms in total. The lowest BCUT2D eigenvalue weighted by molar-refractivity contribution is -0.183. The van der Waals surface area contributed by atoms with E-state index in [0.717, 1.165) is 6.04 Å². The van der Waals surface area contributed by atoms with Gasteiger partial charge in [0.2, 0.25) is 0 Å². The number of carbonyl (C=O) groups is 2. The van der Waals surface area contributed by atoms with E-state index < -0.39 is 30.8 Å². The number of esters is 2. The summed E-state index contributed by atoms with van der Waals surface area (Å²) < 4.78 is 16.3. The van der Waals surface area contributed by atoms with Crippen LogP contribution in [-0.2, 0) is 23.8 Å². The van der Waals surface area contributed by atoms with Crippen LogP contribution in [0.3, 0.4) is 0 Å². The molecule has 1 aliphatic rings. The van der Waals surface area contributed by atoms with Crippen molar-refractivity contribution in [3.8, 4) is 0 Å². The van der Waals surface area contributed by atoms with Crippen molar-refractivity contribution >= 4 is 20.0 Å². The summed E-state index contributed by atoms with van der Waals surface area (Å²) in [6, 6.07) is 0.882. The molecule has 0 heterocycles. The summed E-state index contributed by atoms with van der Waals surface area (Å²) in [5, 5.41) is 0. The minimum atomic E-state index is -1.87. The fourth-order valence-electron chi connectivity index (χ4n) is 6.54. The molecule has 0 radical (unpaired) electrons. The van der Waals surface area contributed by atoms with Gasteiger partial charge < -0.3 is 14.2 Å². The molecule has 0 saturated heterocycles. The second kappa shape index (κ2) is 8.86. The first-order valence-electron chi connectivity index (χ1n) is 10.5. The predicted molar refractivity (Wildman–Crippen MR) is 115 cm³/mol. The highest BCUT2D eigenvalue weighted by Gasteiger charge is 2.71. The van der Waals surface area contributed by atoms with Crippen molar-refractivity contribution in [1.29, 1.82) is 0 Å². The number of methoxy groups -OCH3 is 3. The molecular formula is C22H42O5Si. The van der Waals surface area contributed by atoms with Gasteiger partial charge >= 0.3 is 11.9 Å². The Hall–Kier alpha value is -0.883. The first-order chi connectivity index (χ1) is 12.8. The van der Waals surface area contributed by atoms with Gasteiger partial charge in [-0.2, -0.15) is 0 Å². The minimum Gasteiger partial charge on any atom is -0.468 e. The standard InChI is InChI=1S/C22H42O5Si/c1-14(2)28(15(3)4,16(5)6)13-17-12-18(25-9)21(7,8)22(17,19(23)26-10)20(24)27-11/h14-18H,12-13H2,1-11H3/t17-,18+/m1/s1. The zero-order valence-electron chi connectivity index (χ0n) is 19.8. The van der Waals surface area contributed by atoms with Crippen molar-refractivity contribution in [2.24, 2.45) is 16.7 Å². The van der Waals surface area contributed by atoms with Crippen molar-refractivity contribution in [2.75, 3.05) is 21.3 Å². The maximum atomic E-state index is 13.3. The third-order valence-electron chi connectivity index (χ3n) is 8.06. The molecule has 0 bridgehead atoms. The predicted octanol–water partition coefficient (Wildman–Crippen LogP) is 5.06. The highest BCUT2D eigenvalue weighted by atomic mass is 28.3. The molecule has 1 aliphatic carbocycles. The van der Waals surface area contributed by atoms with Gasteiger partial charge in [0.15, 0.2) is 5.41 Å². The average Bonchev–Trinajstić information content (AvgIpc) is 2.83. The highest BCUT2D eigenvalue weighted by molar-refractivity contribution is 6.83. The summed E-state index contributed by atoms with van der Waals surface area (Å²) in [5.74, 6) is -1.15. The number of carbonyl (C=O) groups excluding carboxylic acids is 2. The van der Waals surface area contributed by atoms with E-state index in [2.05, 4.69) is 41.5 Å². The minimum absolute atomic E-state index is 0.161. The second-order valence-corrected chi connectivity index (χ2v) is 16.0. The molecule has 1 saturated carbocycles. The molecule has 164 valence electrons. The maximum absolute atomic E-state index is 13.3. The molecule has 0 aromatic heterocycles. The van der Waals surface area contributed by atoms with Gasteiger partial charge in [0.05, 0.1) is 28.4 Å². The monoisotopic (exact) mass is 414 g/mol. The van der Waals surface area contributed by atoms with Crippen molar-refractivity contribution in [1.82, 2.24) is 0 Å². The zero-order valence-corrected chi connectivity index (χ0v) is 20.8. The average molecular weight is 415 g/mol. The molecule has 2 atom stereocenters. The molecule has 28 heavy (non-hydrogen) atoms. The van der Waals surface area contributed by atoms with E-state index in [1.165, 1.54) is 14.2 Å². The fraction of sp³-hybridized carbons (Fsp3) is 0.909. The van der Waals surface area contributed by atoms with Crippen molar-refractivity contribution in [3.63, 3.8) is 0 Å². The molecular weight excluding hydrogens is 372 g/mol. The summed E-state index contributed by atoms with van der Waals surface area (Å²) in [4.78, 5) is 26.5. The zero-order chi connectivity index (χ0) is 22.1. The van der Waals surface area contributed by atoms with Gasteiger partial charge in [-0.25, -0.2) is 0 Å². The molecule has 0 N–H and O–H groups in total. The summed E-state index contributed by atoms with van der Waals surface area (Å²) in [5.41, 5.74) is -0.480. The Balaban J connectivity index is 3.73. The Morgan fingerprint density at radius 2 is 1.29 bits per heavy atom. The second-order valence-electron chi connectivity index (χ2n) is 9.95. The van der Waals surface area contributed by atoms with Crippen molar-refractivity contribution in [3.05, 3.63) is 0 Å². The van der Waals surface area contributed by atoms with E-state index in [4.69, 9.17) is 14.2 Å². The molecule has 6 heteroatoms. The lowest BCUT2D eigenvalue weighted by Crippen LogP contribution is -2.57. The largest absolute Gasteiger partial charge is 0.468 e. The first kappa shape index (κ1) is 25.2. The van der Waals surface area contributed by atoms with Crippen LogP contribution in [0.5, 0.6) is 0 Å². The van der Waals surface area contributed by atoms with Gasteiger partial charge in [-0.3, -0.25) is 9.59 Å². The first-order valence-corrected chi connectivity index (χ1v) is 13.0. The molecule has 0 unspecified atom stereocenters. The van der Waals surface area contributed by atoms with E-state index in [-0.39, 0.29) is 12.0 Å². The van der Waals surface area contributed by atoms with Crippen LogP contribution in [0.15, 0.2) is 0 Å². The number of ether oxygens (including phenoxy) is 3. The Labute approximate surface area is 172 Å². The van der Waals surface area contributed by atoms with Crippen LogP contribution in [0.25, 0.3) is 0 Å². The van der Waals surface area contributed by atoms with E-state index in [1.54, 1.807) is 7.11 Å². The van der Waals surface area contributed by atoms with Gasteiger partial charge in [-0.05, 0) is 12.3 Å². The Morgan fingerprint density at radius 3 is 1.57 bits per heavy atom. The molecule has 1 fully saturated rings. The van der Waals surface area contributed by atoms with Crippen LogP contribution in [-0.4, -0.2) is 47.4 Å². The van der Waals surface area contributed by atoms with Crippen LogP contribution in [0, 0.1) is 16.7 Å². The normalized spacial score (nSPS) is 24.1. The topological polar surface area (TPSA) is 61.8 Å². The Morgan fingerprint density at radius 1 is 0.893 bits per heavy atom. The third-order valence-corrected chi connectivity index (χ3v) is 15.7. The van der Waals surface area contributed by atoms with Crippen LogP contribution in [0.4, 0.5) is 0 Å². The molecule has 0 aromatic carbocycles. The fourth-order valence-corrected chi connectivity index (χ4v) is 13.3. The van der Waals surface area contributed by atoms with E-state index >= 15 is 0 Å². The van der Waals surface area contributed by atoms with Crippen molar-refractivity contribution in [2.45, 2.75) is 90.6 Å². The van der Waals surface area contributed by atoms with Crippen LogP contribution in [0.2, 0.25) is 22.7 Å². The summed E-state index contributed by atoms with van der Waals surface area (Å²) >= 11 is 0. The maximum Gasteiger partial charge on any atom is 0.324 e. The van der Waals surface area contributed by atoms with Crippen LogP contribution in [0.1, 0.15) is 61.8 Å². The van der Waals surface area contributed by atoms with Crippen LogP contribution >= 0.6 is 0 Å². The van der Waals surface area contributed by atoms with Gasteiger partial charge in [-0.1, -0.05) is 78.1 Å². The van der Waals surface area contributed by atoms with Gasteiger partial charge in [-0.15, -0.1) is 0 Å². The van der Waals surface area contributed by atoms with Gasteiger partial charge in [0.25, 0.3) is 0 Å². The molecule has 1 rings (SSSR count). The number of hydrogen-bond donors (Lipinski definition) is 0. The number of hydrogen-bond acceptors (Lipinski definition) is 5. The third kappa shape index (κ3) is 3.45. The lowest BCUT2D eigenvalue weighted by atomic mass is 9.63. The molecule has 0 amide bonds. The van der Waals surface area contributed by atoms with Crippen molar-refractivity contribution < 1.29 is 23.8 Å². The highest BCUT2D eigenvalue weighted by Crippen LogP contribution is 2.62. The van der Waals surface area contributed by atoms with Gasteiger partial charge in [0.1, 0.15) is 0 Å². The van der Waals surface area contributed by atoms with E-state index in [0.29, 0.717) is 23.0 Å². The summed E-state index contributed by atoms with van der Waals surface area (Å²) in [6.45, 7) is 17.7. The smallest absolute Gasteiger partial charge is 0.324 e. The number of rotatable bonds is 8. The Kier molecular flexibility index (Phi) is 7.96. The van der Waals surface area contributed by atoms with E-state index in [9.17, 15) is 9.59 Å². The SMILES string of the molecule is COC(=O)C1(C(=O)OC)[C@@H](C[Si](C(C)C)(C(C)C)C(C)C)C[C@H](OC)C1(C)C. The van der Waals surface area contributed by atoms with E-state index in [1.807, 2.05) is 13.8 Å². The lowest BCUT2D eigenvalue weighted by Gasteiger charge is -2.48. The molecule has 0 spiro atoms. The van der Waals surface area contributed by atoms with Gasteiger partial charge in [0, 0.05) is 12.5 Å². The summed E-state index contributed by atoms with van der Waals surface area (Å²) in [6.07, 6.45) is 0.447. The Bertz CT molecular complexity index is 529. The molecule has 0 aromatic rings. The summed E-state index contributed by atoms with van der Waals surface area (Å²) in [7, 11) is 2.50.